The minimum Gasteiger partial charge on any atom is -0.489 e. The maximum atomic E-state index is 12.9. The lowest BCUT2D eigenvalue weighted by atomic mass is 10.1. The third kappa shape index (κ3) is 4.48. The zero-order chi connectivity index (χ0) is 25.2. The van der Waals surface area contributed by atoms with Crippen LogP contribution in [0.25, 0.3) is 22.6 Å². The number of aromatic carboxylic acids is 1. The predicted octanol–water partition coefficient (Wildman–Crippen LogP) is 4.40. The van der Waals surface area contributed by atoms with Gasteiger partial charge in [-0.05, 0) is 71.7 Å². The Bertz CT molecular complexity index is 1570. The van der Waals surface area contributed by atoms with Gasteiger partial charge < -0.3 is 14.6 Å². The Morgan fingerprint density at radius 2 is 1.75 bits per heavy atom. The van der Waals surface area contributed by atoms with Crippen LogP contribution in [-0.4, -0.2) is 33.7 Å². The molecule has 1 N–H and O–H groups in total. The van der Waals surface area contributed by atoms with Crippen molar-refractivity contribution in [2.45, 2.75) is 19.6 Å². The van der Waals surface area contributed by atoms with Crippen LogP contribution >= 0.6 is 0 Å². The summed E-state index contributed by atoms with van der Waals surface area (Å²) in [6.45, 7) is 0.882. The highest BCUT2D eigenvalue weighted by Gasteiger charge is 2.21. The molecule has 2 heterocycles. The van der Waals surface area contributed by atoms with Crippen molar-refractivity contribution in [1.82, 2.24) is 9.55 Å². The number of hydrogen-bond donors (Lipinski definition) is 1. The van der Waals surface area contributed by atoms with Gasteiger partial charge in [-0.25, -0.2) is 14.6 Å². The van der Waals surface area contributed by atoms with Crippen LogP contribution in [0.3, 0.4) is 0 Å². The number of aromatic nitrogens is 2. The molecule has 5 rings (SSSR count). The highest BCUT2D eigenvalue weighted by molar-refractivity contribution is 5.93. The zero-order valence-electron chi connectivity index (χ0n) is 19.4. The van der Waals surface area contributed by atoms with Crippen LogP contribution in [0.1, 0.15) is 44.1 Å². The summed E-state index contributed by atoms with van der Waals surface area (Å²) in [5.74, 6) is -0.181. The molecule has 8 heteroatoms. The standard InChI is InChI=1S/C28H22N2O6/c1-35-28(34)19-6-2-18(3-7-19)16-36-22-9-4-17(5-10-22)14-20-12-13-30-25(20)29-24-15-21(27(32)33)8-11-23(24)26(30)31/h2-11,14-15H,12-13,16H2,1H3,(H,32,33)/b20-14+. The average Bonchev–Trinajstić information content (AvgIpc) is 3.30. The van der Waals surface area contributed by atoms with Gasteiger partial charge in [-0.2, -0.15) is 0 Å². The van der Waals surface area contributed by atoms with E-state index in [1.165, 1.54) is 25.3 Å². The molecule has 36 heavy (non-hydrogen) atoms. The van der Waals surface area contributed by atoms with Crippen molar-refractivity contribution in [3.8, 4) is 5.75 Å². The van der Waals surface area contributed by atoms with Crippen molar-refractivity contribution >= 4 is 34.5 Å². The number of carbonyl (C=O) groups excluding carboxylic acids is 1. The van der Waals surface area contributed by atoms with Gasteiger partial charge >= 0.3 is 11.9 Å². The van der Waals surface area contributed by atoms with E-state index in [0.717, 1.165) is 16.7 Å². The van der Waals surface area contributed by atoms with Crippen molar-refractivity contribution in [2.75, 3.05) is 7.11 Å². The van der Waals surface area contributed by atoms with E-state index < -0.39 is 5.97 Å². The molecule has 0 atom stereocenters. The van der Waals surface area contributed by atoms with Gasteiger partial charge in [0.05, 0.1) is 29.1 Å². The Morgan fingerprint density at radius 3 is 2.44 bits per heavy atom. The largest absolute Gasteiger partial charge is 0.489 e. The molecule has 0 fully saturated rings. The second-order valence-corrected chi connectivity index (χ2v) is 8.40. The van der Waals surface area contributed by atoms with Gasteiger partial charge in [0.1, 0.15) is 18.2 Å². The van der Waals surface area contributed by atoms with Crippen LogP contribution in [0.5, 0.6) is 5.75 Å². The number of rotatable bonds is 6. The lowest BCUT2D eigenvalue weighted by molar-refractivity contribution is 0.0599. The number of nitrogens with zero attached hydrogens (tertiary/aromatic N) is 2. The predicted molar refractivity (Wildman–Crippen MR) is 134 cm³/mol. The summed E-state index contributed by atoms with van der Waals surface area (Å²) < 4.78 is 12.2. The third-order valence-electron chi connectivity index (χ3n) is 6.10. The van der Waals surface area contributed by atoms with Crippen molar-refractivity contribution < 1.29 is 24.2 Å². The Morgan fingerprint density at radius 1 is 1.03 bits per heavy atom. The van der Waals surface area contributed by atoms with E-state index in [4.69, 9.17) is 9.47 Å². The van der Waals surface area contributed by atoms with Crippen molar-refractivity contribution in [3.05, 3.63) is 105 Å². The number of hydrogen-bond acceptors (Lipinski definition) is 6. The van der Waals surface area contributed by atoms with E-state index in [2.05, 4.69) is 4.98 Å². The Kier molecular flexibility index (Phi) is 6.08. The van der Waals surface area contributed by atoms with Crippen molar-refractivity contribution in [2.24, 2.45) is 0 Å². The summed E-state index contributed by atoms with van der Waals surface area (Å²) in [4.78, 5) is 40.4. The SMILES string of the molecule is COC(=O)c1ccc(COc2ccc(/C=C3\CCn4c3nc3cc(C(=O)O)ccc3c4=O)cc2)cc1. The Balaban J connectivity index is 1.33. The van der Waals surface area contributed by atoms with E-state index in [1.807, 2.05) is 42.5 Å². The monoisotopic (exact) mass is 482 g/mol. The molecule has 0 saturated carbocycles. The lowest BCUT2D eigenvalue weighted by Crippen LogP contribution is -2.20. The molecule has 1 aliphatic heterocycles. The molecule has 0 saturated heterocycles. The first-order valence-electron chi connectivity index (χ1n) is 11.3. The number of fused-ring (bicyclic) bond motifs is 2. The van der Waals surface area contributed by atoms with E-state index in [1.54, 1.807) is 16.7 Å². The molecule has 1 aromatic heterocycles. The van der Waals surface area contributed by atoms with E-state index in [0.29, 0.717) is 47.6 Å². The molecule has 0 spiro atoms. The van der Waals surface area contributed by atoms with Gasteiger partial charge in [-0.3, -0.25) is 9.36 Å². The second kappa shape index (κ2) is 9.50. The summed E-state index contributed by atoms with van der Waals surface area (Å²) >= 11 is 0. The summed E-state index contributed by atoms with van der Waals surface area (Å²) in [7, 11) is 1.35. The summed E-state index contributed by atoms with van der Waals surface area (Å²) in [5, 5.41) is 9.68. The highest BCUT2D eigenvalue weighted by Crippen LogP contribution is 2.28. The molecule has 180 valence electrons. The van der Waals surface area contributed by atoms with Gasteiger partial charge in [0.2, 0.25) is 0 Å². The number of benzene rings is 3. The first-order chi connectivity index (χ1) is 17.4. The highest BCUT2D eigenvalue weighted by atomic mass is 16.5. The maximum absolute atomic E-state index is 12.9. The van der Waals surface area contributed by atoms with Gasteiger partial charge in [0.15, 0.2) is 0 Å². The first kappa shape index (κ1) is 23.0. The van der Waals surface area contributed by atoms with Crippen LogP contribution in [0, 0.1) is 0 Å². The second-order valence-electron chi connectivity index (χ2n) is 8.40. The molecule has 0 radical (unpaired) electrons. The van der Waals surface area contributed by atoms with Crippen LogP contribution in [0.15, 0.2) is 71.5 Å². The van der Waals surface area contributed by atoms with Gasteiger partial charge in [-0.15, -0.1) is 0 Å². The normalized spacial score (nSPS) is 13.5. The molecule has 0 amide bonds. The quantitative estimate of drug-likeness (QED) is 0.406. The summed E-state index contributed by atoms with van der Waals surface area (Å²) in [5.41, 5.74) is 3.56. The zero-order valence-corrected chi connectivity index (χ0v) is 19.4. The summed E-state index contributed by atoms with van der Waals surface area (Å²) in [6.07, 6.45) is 2.64. The molecule has 0 aliphatic carbocycles. The van der Waals surface area contributed by atoms with Crippen molar-refractivity contribution in [3.63, 3.8) is 0 Å². The van der Waals surface area contributed by atoms with Crippen LogP contribution < -0.4 is 10.3 Å². The fraction of sp³-hybridized carbons (Fsp3) is 0.143. The van der Waals surface area contributed by atoms with Gasteiger partial charge in [-0.1, -0.05) is 24.3 Å². The molecule has 0 bridgehead atoms. The van der Waals surface area contributed by atoms with Crippen LogP contribution in [0.2, 0.25) is 0 Å². The number of carbonyl (C=O) groups is 2. The molecule has 3 aromatic carbocycles. The van der Waals surface area contributed by atoms with Gasteiger partial charge in [0.25, 0.3) is 5.56 Å². The first-order valence-corrected chi connectivity index (χ1v) is 11.3. The smallest absolute Gasteiger partial charge is 0.337 e. The van der Waals surface area contributed by atoms with Crippen LogP contribution in [0.4, 0.5) is 0 Å². The number of esters is 1. The average molecular weight is 482 g/mol. The Labute approximate surface area is 206 Å². The van der Waals surface area contributed by atoms with Crippen LogP contribution in [-0.2, 0) is 17.9 Å². The molecular weight excluding hydrogens is 460 g/mol. The molecular formula is C28H22N2O6. The fourth-order valence-corrected chi connectivity index (χ4v) is 4.17. The molecule has 8 nitrogen and oxygen atoms in total. The maximum Gasteiger partial charge on any atom is 0.337 e. The minimum absolute atomic E-state index is 0.0953. The Hall–Kier alpha value is -4.72. The topological polar surface area (TPSA) is 108 Å². The number of allylic oxidation sites excluding steroid dienone is 1. The number of methoxy groups -OCH3 is 1. The number of carboxylic acid groups (broad SMARTS) is 1. The third-order valence-corrected chi connectivity index (χ3v) is 6.10. The van der Waals surface area contributed by atoms with Gasteiger partial charge in [0, 0.05) is 6.54 Å². The molecule has 0 unspecified atom stereocenters. The van der Waals surface area contributed by atoms with Crippen molar-refractivity contribution in [1.29, 1.82) is 0 Å². The van der Waals surface area contributed by atoms with E-state index >= 15 is 0 Å². The molecule has 4 aromatic rings. The minimum atomic E-state index is -1.06. The van der Waals surface area contributed by atoms with E-state index in [9.17, 15) is 19.5 Å². The number of carboxylic acids is 1. The molecule has 1 aliphatic rings. The van der Waals surface area contributed by atoms with E-state index in [-0.39, 0.29) is 17.1 Å². The number of ether oxygens (including phenoxy) is 2. The lowest BCUT2D eigenvalue weighted by Gasteiger charge is -2.08. The summed E-state index contributed by atoms with van der Waals surface area (Å²) in [6, 6.07) is 19.0. The fourth-order valence-electron chi connectivity index (χ4n) is 4.17.